The number of halogens is 1. The standard InChI is InChI=1S/C36H41FN4O3/c1-6-22(2)33(39-24(4)21-38-34(42)27-10-8-7-9-11-27)23(3)12-18-30-31-20-28(15-19-32(31)41-36(30)44)35(43)40-25(5)26-13-16-29(37)17-14-26/h7-14,16-20,24-25,28,39H,6,15,21H2,1-5H3,(H,38,42)(H,40,43)(H,41,44)/b23-12+,30-18-,33-22+/t24?,25-,28?/m1/s1. The monoisotopic (exact) mass is 596 g/mol. The minimum absolute atomic E-state index is 0.0443. The number of carbonyl (C=O) groups excluding carboxylic acids is 3. The molecule has 0 radical (unpaired) electrons. The third-order valence-corrected chi connectivity index (χ3v) is 7.93. The van der Waals surface area contributed by atoms with E-state index in [9.17, 15) is 18.8 Å². The fourth-order valence-corrected chi connectivity index (χ4v) is 5.16. The largest absolute Gasteiger partial charge is 0.381 e. The summed E-state index contributed by atoms with van der Waals surface area (Å²) in [5.41, 5.74) is 6.41. The van der Waals surface area contributed by atoms with Crippen LogP contribution in [-0.2, 0) is 9.59 Å². The van der Waals surface area contributed by atoms with Crippen molar-refractivity contribution in [2.24, 2.45) is 5.92 Å². The fourth-order valence-electron chi connectivity index (χ4n) is 5.16. The van der Waals surface area contributed by atoms with Gasteiger partial charge >= 0.3 is 0 Å². The van der Waals surface area contributed by atoms with E-state index in [1.807, 2.05) is 57.2 Å². The lowest BCUT2D eigenvalue weighted by Crippen LogP contribution is -2.39. The van der Waals surface area contributed by atoms with E-state index >= 15 is 0 Å². The third kappa shape index (κ3) is 8.01. The predicted molar refractivity (Wildman–Crippen MR) is 172 cm³/mol. The molecule has 0 aromatic heterocycles. The summed E-state index contributed by atoms with van der Waals surface area (Å²) in [6.07, 6.45) is 8.74. The van der Waals surface area contributed by atoms with E-state index in [-0.39, 0.29) is 35.6 Å². The van der Waals surface area contributed by atoms with Crippen molar-refractivity contribution in [3.05, 3.63) is 130 Å². The van der Waals surface area contributed by atoms with Gasteiger partial charge in [-0.1, -0.05) is 61.1 Å². The molecule has 1 fully saturated rings. The highest BCUT2D eigenvalue weighted by Gasteiger charge is 2.32. The van der Waals surface area contributed by atoms with Crippen molar-refractivity contribution in [3.8, 4) is 0 Å². The first kappa shape index (κ1) is 32.2. The summed E-state index contributed by atoms with van der Waals surface area (Å²) < 4.78 is 13.3. The summed E-state index contributed by atoms with van der Waals surface area (Å²) in [5, 5.41) is 12.4. The lowest BCUT2D eigenvalue weighted by Gasteiger charge is -2.21. The van der Waals surface area contributed by atoms with Crippen LogP contribution in [0.5, 0.6) is 0 Å². The first-order chi connectivity index (χ1) is 21.1. The van der Waals surface area contributed by atoms with Crippen LogP contribution in [0.15, 0.2) is 113 Å². The Morgan fingerprint density at radius 2 is 1.75 bits per heavy atom. The Labute approximate surface area is 259 Å². The molecule has 2 aliphatic rings. The highest BCUT2D eigenvalue weighted by Crippen LogP contribution is 2.33. The summed E-state index contributed by atoms with van der Waals surface area (Å²) in [5.74, 6) is -1.26. The molecule has 230 valence electrons. The molecule has 7 nitrogen and oxygen atoms in total. The number of allylic oxidation sites excluding steroid dienone is 6. The molecule has 1 heterocycles. The lowest BCUT2D eigenvalue weighted by atomic mass is 9.90. The topological polar surface area (TPSA) is 99.3 Å². The van der Waals surface area contributed by atoms with Gasteiger partial charge in [0.2, 0.25) is 5.91 Å². The Balaban J connectivity index is 1.46. The van der Waals surface area contributed by atoms with Gasteiger partial charge in [0.15, 0.2) is 0 Å². The molecule has 0 spiro atoms. The molecule has 1 saturated heterocycles. The molecular weight excluding hydrogens is 555 g/mol. The maximum Gasteiger partial charge on any atom is 0.256 e. The van der Waals surface area contributed by atoms with E-state index in [1.54, 1.807) is 30.3 Å². The van der Waals surface area contributed by atoms with Crippen LogP contribution in [0.3, 0.4) is 0 Å². The van der Waals surface area contributed by atoms with E-state index in [0.29, 0.717) is 35.4 Å². The summed E-state index contributed by atoms with van der Waals surface area (Å²) >= 11 is 0. The molecule has 2 aromatic rings. The molecule has 4 rings (SSSR count). The van der Waals surface area contributed by atoms with Gasteiger partial charge in [-0.3, -0.25) is 14.4 Å². The Morgan fingerprint density at radius 1 is 1.05 bits per heavy atom. The summed E-state index contributed by atoms with van der Waals surface area (Å²) in [6, 6.07) is 14.9. The minimum atomic E-state index is -0.441. The number of hydrogen-bond donors (Lipinski definition) is 4. The lowest BCUT2D eigenvalue weighted by molar-refractivity contribution is -0.124. The van der Waals surface area contributed by atoms with Crippen molar-refractivity contribution in [1.29, 1.82) is 0 Å². The number of rotatable bonds is 11. The van der Waals surface area contributed by atoms with Gasteiger partial charge in [-0.05, 0) is 82.0 Å². The van der Waals surface area contributed by atoms with Crippen molar-refractivity contribution in [2.75, 3.05) is 6.54 Å². The first-order valence-corrected chi connectivity index (χ1v) is 15.1. The van der Waals surface area contributed by atoms with Crippen LogP contribution in [0.1, 0.15) is 69.4 Å². The summed E-state index contributed by atoms with van der Waals surface area (Å²) in [7, 11) is 0. The van der Waals surface area contributed by atoms with Crippen LogP contribution in [0.2, 0.25) is 0 Å². The average Bonchev–Trinajstić information content (AvgIpc) is 3.35. The molecule has 8 heteroatoms. The van der Waals surface area contributed by atoms with Crippen LogP contribution in [0.25, 0.3) is 0 Å². The van der Waals surface area contributed by atoms with Gasteiger partial charge in [0.1, 0.15) is 5.82 Å². The average molecular weight is 597 g/mol. The van der Waals surface area contributed by atoms with Crippen LogP contribution in [0.4, 0.5) is 4.39 Å². The highest BCUT2D eigenvalue weighted by molar-refractivity contribution is 6.06. The second-order valence-corrected chi connectivity index (χ2v) is 11.3. The fraction of sp³-hybridized carbons (Fsp3) is 0.306. The molecule has 0 bridgehead atoms. The van der Waals surface area contributed by atoms with Crippen LogP contribution in [0, 0.1) is 11.7 Å². The first-order valence-electron chi connectivity index (χ1n) is 15.1. The summed E-state index contributed by atoms with van der Waals surface area (Å²) in [4.78, 5) is 38.6. The quantitative estimate of drug-likeness (QED) is 0.191. The van der Waals surface area contributed by atoms with E-state index in [2.05, 4.69) is 35.1 Å². The molecule has 4 N–H and O–H groups in total. The van der Waals surface area contributed by atoms with Crippen LogP contribution >= 0.6 is 0 Å². The number of carbonyl (C=O) groups is 3. The maximum absolute atomic E-state index is 13.3. The molecule has 44 heavy (non-hydrogen) atoms. The number of benzene rings is 2. The maximum atomic E-state index is 13.3. The third-order valence-electron chi connectivity index (χ3n) is 7.93. The predicted octanol–water partition coefficient (Wildman–Crippen LogP) is 5.93. The SMILES string of the molecule is CC\C(C)=C(NC(C)CNC(=O)c1ccccc1)/C(C)=C/C=C1\C(=O)NC2=CCC(C(=O)N[C@H](C)c3ccc(F)cc3)C=C21. The summed E-state index contributed by atoms with van der Waals surface area (Å²) in [6.45, 7) is 10.4. The van der Waals surface area contributed by atoms with Crippen molar-refractivity contribution >= 4 is 17.7 Å². The van der Waals surface area contributed by atoms with E-state index < -0.39 is 5.92 Å². The van der Waals surface area contributed by atoms with E-state index in [0.717, 1.165) is 28.8 Å². The van der Waals surface area contributed by atoms with Crippen molar-refractivity contribution in [1.82, 2.24) is 21.3 Å². The molecule has 2 aromatic carbocycles. The Bertz CT molecular complexity index is 1550. The van der Waals surface area contributed by atoms with Gasteiger partial charge in [-0.25, -0.2) is 4.39 Å². The van der Waals surface area contributed by atoms with Gasteiger partial charge in [-0.2, -0.15) is 0 Å². The van der Waals surface area contributed by atoms with Crippen LogP contribution < -0.4 is 21.3 Å². The smallest absolute Gasteiger partial charge is 0.256 e. The molecule has 1 aliphatic heterocycles. The van der Waals surface area contributed by atoms with Gasteiger partial charge in [-0.15, -0.1) is 0 Å². The zero-order valence-electron chi connectivity index (χ0n) is 26.0. The Kier molecular flexibility index (Phi) is 10.7. The minimum Gasteiger partial charge on any atom is -0.381 e. The molecule has 1 aliphatic carbocycles. The number of nitrogens with one attached hydrogen (secondary N) is 4. The van der Waals surface area contributed by atoms with Gasteiger partial charge in [0.25, 0.3) is 11.8 Å². The molecule has 3 atom stereocenters. The molecule has 3 amide bonds. The molecular formula is C36H41FN4O3. The number of fused-ring (bicyclic) bond motifs is 1. The number of hydrogen-bond acceptors (Lipinski definition) is 4. The second-order valence-electron chi connectivity index (χ2n) is 11.3. The van der Waals surface area contributed by atoms with Crippen molar-refractivity contribution < 1.29 is 18.8 Å². The van der Waals surface area contributed by atoms with E-state index in [1.165, 1.54) is 12.1 Å². The van der Waals surface area contributed by atoms with Crippen LogP contribution in [-0.4, -0.2) is 30.3 Å². The second kappa shape index (κ2) is 14.6. The van der Waals surface area contributed by atoms with Gasteiger partial charge in [0, 0.05) is 40.7 Å². The molecule has 0 saturated carbocycles. The van der Waals surface area contributed by atoms with Gasteiger partial charge in [0.05, 0.1) is 12.0 Å². The highest BCUT2D eigenvalue weighted by atomic mass is 19.1. The zero-order valence-corrected chi connectivity index (χ0v) is 26.0. The van der Waals surface area contributed by atoms with Crippen molar-refractivity contribution in [3.63, 3.8) is 0 Å². The van der Waals surface area contributed by atoms with Gasteiger partial charge < -0.3 is 21.3 Å². The normalized spacial score (nSPS) is 19.1. The number of amides is 3. The Hall–Kier alpha value is -4.72. The Morgan fingerprint density at radius 3 is 2.43 bits per heavy atom. The zero-order chi connectivity index (χ0) is 31.8. The van der Waals surface area contributed by atoms with Crippen molar-refractivity contribution in [2.45, 2.75) is 59.5 Å². The molecule has 2 unspecified atom stereocenters. The van der Waals surface area contributed by atoms with E-state index in [4.69, 9.17) is 0 Å².